The van der Waals surface area contributed by atoms with Gasteiger partial charge in [0.2, 0.25) is 0 Å². The highest BCUT2D eigenvalue weighted by atomic mass is 16.5. The van der Waals surface area contributed by atoms with E-state index in [-0.39, 0.29) is 5.78 Å². The largest absolute Gasteiger partial charge is 0.487 e. The van der Waals surface area contributed by atoms with E-state index in [0.29, 0.717) is 23.7 Å². The first-order valence-electron chi connectivity index (χ1n) is 9.02. The molecule has 0 radical (unpaired) electrons. The second kappa shape index (κ2) is 5.94. The van der Waals surface area contributed by atoms with E-state index in [2.05, 4.69) is 28.8 Å². The van der Waals surface area contributed by atoms with Crippen LogP contribution in [0.4, 0.5) is 0 Å². The number of carbonyl (C=O) groups is 1. The van der Waals surface area contributed by atoms with Crippen LogP contribution in [0.15, 0.2) is 30.6 Å². The normalized spacial score (nSPS) is 16.0. The molecule has 0 saturated heterocycles. The van der Waals surface area contributed by atoms with Crippen molar-refractivity contribution in [1.29, 1.82) is 0 Å². The summed E-state index contributed by atoms with van der Waals surface area (Å²) < 4.78 is 6.04. The number of ether oxygens (including phenoxy) is 1. The van der Waals surface area contributed by atoms with Crippen LogP contribution in [0.5, 0.6) is 5.75 Å². The maximum Gasteiger partial charge on any atom is 0.170 e. The van der Waals surface area contributed by atoms with Crippen LogP contribution in [0.2, 0.25) is 0 Å². The fourth-order valence-corrected chi connectivity index (χ4v) is 3.47. The molecule has 0 aliphatic carbocycles. The Kier molecular flexibility index (Phi) is 3.83. The van der Waals surface area contributed by atoms with Crippen LogP contribution in [-0.4, -0.2) is 26.3 Å². The molecule has 0 saturated carbocycles. The molecule has 3 aromatic rings. The van der Waals surface area contributed by atoms with Crippen molar-refractivity contribution >= 4 is 16.8 Å². The third-order valence-electron chi connectivity index (χ3n) is 4.64. The molecule has 26 heavy (non-hydrogen) atoms. The number of hydrogen-bond acceptors (Lipinski definition) is 4. The quantitative estimate of drug-likeness (QED) is 0.752. The molecular weight excluding hydrogens is 326 g/mol. The molecule has 0 spiro atoms. The van der Waals surface area contributed by atoms with Crippen molar-refractivity contribution in [2.24, 2.45) is 5.92 Å². The first kappa shape index (κ1) is 16.8. The Morgan fingerprint density at radius 3 is 2.85 bits per heavy atom. The van der Waals surface area contributed by atoms with Crippen molar-refractivity contribution in [1.82, 2.24) is 15.0 Å². The molecule has 2 aromatic heterocycles. The van der Waals surface area contributed by atoms with Crippen molar-refractivity contribution in [2.75, 3.05) is 0 Å². The molecule has 0 atom stereocenters. The molecule has 0 amide bonds. The molecule has 5 heteroatoms. The number of fused-ring (bicyclic) bond motifs is 2. The predicted molar refractivity (Wildman–Crippen MR) is 102 cm³/mol. The Morgan fingerprint density at radius 1 is 1.27 bits per heavy atom. The summed E-state index contributed by atoms with van der Waals surface area (Å²) in [6, 6.07) is 5.76. The lowest BCUT2D eigenvalue weighted by atomic mass is 9.91. The van der Waals surface area contributed by atoms with E-state index in [4.69, 9.17) is 4.74 Å². The molecule has 1 aliphatic heterocycles. The van der Waals surface area contributed by atoms with E-state index >= 15 is 0 Å². The van der Waals surface area contributed by atoms with Gasteiger partial charge < -0.3 is 9.72 Å². The number of carbonyl (C=O) groups excluding carboxylic acids is 1. The van der Waals surface area contributed by atoms with Gasteiger partial charge in [0.05, 0.1) is 12.0 Å². The number of benzene rings is 1. The maximum absolute atomic E-state index is 12.3. The molecule has 3 heterocycles. The van der Waals surface area contributed by atoms with Crippen LogP contribution >= 0.6 is 0 Å². The van der Waals surface area contributed by atoms with Gasteiger partial charge in [-0.1, -0.05) is 19.9 Å². The highest BCUT2D eigenvalue weighted by molar-refractivity contribution is 6.01. The summed E-state index contributed by atoms with van der Waals surface area (Å²) in [5.74, 6) is 2.14. The van der Waals surface area contributed by atoms with Crippen molar-refractivity contribution in [3.05, 3.63) is 42.0 Å². The zero-order valence-electron chi connectivity index (χ0n) is 15.6. The van der Waals surface area contributed by atoms with Gasteiger partial charge >= 0.3 is 0 Å². The van der Waals surface area contributed by atoms with E-state index in [1.807, 2.05) is 44.4 Å². The molecule has 1 aliphatic rings. The molecule has 0 fully saturated rings. The zero-order chi connectivity index (χ0) is 18.5. The van der Waals surface area contributed by atoms with Crippen molar-refractivity contribution < 1.29 is 9.53 Å². The second-order valence-corrected chi connectivity index (χ2v) is 8.02. The first-order chi connectivity index (χ1) is 12.3. The molecule has 0 bridgehead atoms. The van der Waals surface area contributed by atoms with Crippen LogP contribution in [-0.2, 0) is 6.42 Å². The lowest BCUT2D eigenvalue weighted by Crippen LogP contribution is -2.35. The standard InChI is InChI=1S/C21H23N3O2/c1-12(2)7-19-22-11-16-15(10-23-20(16)24-19)13-5-6-14-17(25)9-21(3,4)26-18(14)8-13/h5-6,8,10-12H,7,9H2,1-4H3,(H,22,23,24). The molecule has 1 N–H and O–H groups in total. The molecule has 134 valence electrons. The van der Waals surface area contributed by atoms with Gasteiger partial charge in [-0.05, 0) is 37.5 Å². The maximum atomic E-state index is 12.3. The number of nitrogens with zero attached hydrogens (tertiary/aromatic N) is 2. The average Bonchev–Trinajstić information content (AvgIpc) is 2.95. The topological polar surface area (TPSA) is 67.9 Å². The SMILES string of the molecule is CC(C)Cc1ncc2c(-c3ccc4c(c3)OC(C)(C)CC4=O)c[nH]c2n1. The summed E-state index contributed by atoms with van der Waals surface area (Å²) >= 11 is 0. The molecular formula is C21H23N3O2. The average molecular weight is 349 g/mol. The van der Waals surface area contributed by atoms with Crippen LogP contribution in [0.25, 0.3) is 22.2 Å². The number of rotatable bonds is 3. The van der Waals surface area contributed by atoms with Gasteiger partial charge in [-0.25, -0.2) is 9.97 Å². The summed E-state index contributed by atoms with van der Waals surface area (Å²) in [5.41, 5.74) is 3.01. The molecule has 1 aromatic carbocycles. The van der Waals surface area contributed by atoms with E-state index in [1.54, 1.807) is 0 Å². The van der Waals surface area contributed by atoms with E-state index in [9.17, 15) is 4.79 Å². The minimum atomic E-state index is -0.474. The van der Waals surface area contributed by atoms with E-state index < -0.39 is 5.60 Å². The Hall–Kier alpha value is -2.69. The fraction of sp³-hybridized carbons (Fsp3) is 0.381. The third-order valence-corrected chi connectivity index (χ3v) is 4.64. The van der Waals surface area contributed by atoms with Gasteiger partial charge in [-0.2, -0.15) is 0 Å². The summed E-state index contributed by atoms with van der Waals surface area (Å²) in [6.07, 6.45) is 5.07. The van der Waals surface area contributed by atoms with Gasteiger partial charge in [-0.15, -0.1) is 0 Å². The highest BCUT2D eigenvalue weighted by Gasteiger charge is 2.32. The Labute approximate surface area is 152 Å². The highest BCUT2D eigenvalue weighted by Crippen LogP contribution is 2.37. The summed E-state index contributed by atoms with van der Waals surface area (Å²) in [5, 5.41) is 0.971. The Balaban J connectivity index is 1.75. The smallest absolute Gasteiger partial charge is 0.170 e. The molecule has 0 unspecified atom stereocenters. The number of hydrogen-bond donors (Lipinski definition) is 1. The van der Waals surface area contributed by atoms with E-state index in [1.165, 1.54) is 0 Å². The molecule has 5 nitrogen and oxygen atoms in total. The summed E-state index contributed by atoms with van der Waals surface area (Å²) in [7, 11) is 0. The van der Waals surface area contributed by atoms with Crippen molar-refractivity contribution in [2.45, 2.75) is 46.1 Å². The number of aromatic amines is 1. The fourth-order valence-electron chi connectivity index (χ4n) is 3.47. The summed E-state index contributed by atoms with van der Waals surface area (Å²) in [4.78, 5) is 24.7. The number of Topliss-reactive ketones (excluding diaryl/α,β-unsaturated/α-hetero) is 1. The number of nitrogens with one attached hydrogen (secondary N) is 1. The third kappa shape index (κ3) is 2.98. The zero-order valence-corrected chi connectivity index (χ0v) is 15.6. The molecule has 4 rings (SSSR count). The van der Waals surface area contributed by atoms with Crippen LogP contribution in [0.3, 0.4) is 0 Å². The first-order valence-corrected chi connectivity index (χ1v) is 9.02. The van der Waals surface area contributed by atoms with Gasteiger partial charge in [0.15, 0.2) is 5.78 Å². The lowest BCUT2D eigenvalue weighted by Gasteiger charge is -2.31. The number of ketones is 1. The van der Waals surface area contributed by atoms with Crippen LogP contribution < -0.4 is 4.74 Å². The lowest BCUT2D eigenvalue weighted by molar-refractivity contribution is 0.0620. The van der Waals surface area contributed by atoms with Gasteiger partial charge in [0, 0.05) is 29.8 Å². The van der Waals surface area contributed by atoms with Gasteiger partial charge in [0.1, 0.15) is 22.8 Å². The second-order valence-electron chi connectivity index (χ2n) is 8.02. The number of H-pyrrole nitrogens is 1. The van der Waals surface area contributed by atoms with Crippen molar-refractivity contribution in [3.8, 4) is 16.9 Å². The number of aromatic nitrogens is 3. The monoisotopic (exact) mass is 349 g/mol. The van der Waals surface area contributed by atoms with E-state index in [0.717, 1.165) is 34.4 Å². The minimum Gasteiger partial charge on any atom is -0.487 e. The van der Waals surface area contributed by atoms with Gasteiger partial charge in [0.25, 0.3) is 0 Å². The minimum absolute atomic E-state index is 0.128. The summed E-state index contributed by atoms with van der Waals surface area (Å²) in [6.45, 7) is 8.19. The Morgan fingerprint density at radius 2 is 2.08 bits per heavy atom. The predicted octanol–water partition coefficient (Wildman–Crippen LogP) is 4.57. The van der Waals surface area contributed by atoms with Crippen LogP contribution in [0, 0.1) is 5.92 Å². The Bertz CT molecular complexity index is 1000. The van der Waals surface area contributed by atoms with Gasteiger partial charge in [-0.3, -0.25) is 4.79 Å². The van der Waals surface area contributed by atoms with Crippen molar-refractivity contribution in [3.63, 3.8) is 0 Å². The van der Waals surface area contributed by atoms with Crippen LogP contribution in [0.1, 0.15) is 50.3 Å².